The Labute approximate surface area is 77.5 Å². The molecule has 1 heterocycles. The third-order valence-corrected chi connectivity index (χ3v) is 4.01. The zero-order chi connectivity index (χ0) is 9.35. The fourth-order valence-electron chi connectivity index (χ4n) is 1.29. The van der Waals surface area contributed by atoms with Gasteiger partial charge >= 0.3 is 0 Å². The van der Waals surface area contributed by atoms with Crippen LogP contribution >= 0.6 is 10.7 Å². The molecule has 0 bridgehead atoms. The van der Waals surface area contributed by atoms with Crippen molar-refractivity contribution in [2.75, 3.05) is 6.61 Å². The third kappa shape index (κ3) is 2.34. The molecule has 5 heteroatoms. The van der Waals surface area contributed by atoms with Crippen LogP contribution in [0.25, 0.3) is 0 Å². The van der Waals surface area contributed by atoms with E-state index in [-0.39, 0.29) is 12.7 Å². The molecule has 1 aliphatic rings. The maximum absolute atomic E-state index is 10.9. The second-order valence-electron chi connectivity index (χ2n) is 3.45. The summed E-state index contributed by atoms with van der Waals surface area (Å²) in [6, 6.07) is 0. The van der Waals surface area contributed by atoms with E-state index in [1.165, 1.54) is 0 Å². The van der Waals surface area contributed by atoms with Crippen LogP contribution in [0.15, 0.2) is 0 Å². The fraction of sp³-hybridized carbons (Fsp3) is 1.00. The highest BCUT2D eigenvalue weighted by atomic mass is 35.7. The molecule has 0 radical (unpaired) electrons. The maximum atomic E-state index is 10.9. The lowest BCUT2D eigenvalue weighted by atomic mass is 10.1. The summed E-state index contributed by atoms with van der Waals surface area (Å²) in [6.45, 7) is 4.26. The summed E-state index contributed by atoms with van der Waals surface area (Å²) in [5.41, 5.74) is 0. The molecule has 3 nitrogen and oxygen atoms in total. The zero-order valence-electron chi connectivity index (χ0n) is 7.16. The van der Waals surface area contributed by atoms with E-state index < -0.39 is 14.3 Å². The quantitative estimate of drug-likeness (QED) is 0.650. The van der Waals surface area contributed by atoms with E-state index in [1.807, 2.05) is 13.8 Å². The first kappa shape index (κ1) is 10.3. The first-order valence-electron chi connectivity index (χ1n) is 3.96. The van der Waals surface area contributed by atoms with Crippen molar-refractivity contribution in [3.8, 4) is 0 Å². The SMILES string of the molecule is CC(C)C1CC(S(=O)(=O)Cl)CO1. The highest BCUT2D eigenvalue weighted by Gasteiger charge is 2.35. The summed E-state index contributed by atoms with van der Waals surface area (Å²) in [7, 11) is 1.78. The molecule has 1 fully saturated rings. The first-order valence-corrected chi connectivity index (χ1v) is 6.33. The predicted molar refractivity (Wildman–Crippen MR) is 47.8 cm³/mol. The Bertz CT molecular complexity index is 247. The first-order chi connectivity index (χ1) is 5.41. The van der Waals surface area contributed by atoms with Gasteiger partial charge in [0.1, 0.15) is 5.25 Å². The highest BCUT2D eigenvalue weighted by Crippen LogP contribution is 2.26. The lowest BCUT2D eigenvalue weighted by Crippen LogP contribution is -2.17. The Morgan fingerprint density at radius 2 is 2.08 bits per heavy atom. The number of halogens is 1. The number of hydrogen-bond acceptors (Lipinski definition) is 3. The molecular formula is C7H13ClO3S. The van der Waals surface area contributed by atoms with Gasteiger partial charge in [0.25, 0.3) is 0 Å². The van der Waals surface area contributed by atoms with Crippen LogP contribution in [0.5, 0.6) is 0 Å². The molecule has 0 N–H and O–H groups in total. The predicted octanol–water partition coefficient (Wildman–Crippen LogP) is 1.37. The molecule has 12 heavy (non-hydrogen) atoms. The average molecular weight is 213 g/mol. The molecule has 0 spiro atoms. The van der Waals surface area contributed by atoms with Crippen molar-refractivity contribution in [2.45, 2.75) is 31.6 Å². The van der Waals surface area contributed by atoms with Crippen LogP contribution in [0.4, 0.5) is 0 Å². The van der Waals surface area contributed by atoms with Gasteiger partial charge in [-0.25, -0.2) is 8.42 Å². The van der Waals surface area contributed by atoms with Gasteiger partial charge in [0.05, 0.1) is 12.7 Å². The van der Waals surface area contributed by atoms with E-state index in [9.17, 15) is 8.42 Å². The minimum absolute atomic E-state index is 0.0449. The van der Waals surface area contributed by atoms with Gasteiger partial charge in [-0.3, -0.25) is 0 Å². The zero-order valence-corrected chi connectivity index (χ0v) is 8.73. The minimum Gasteiger partial charge on any atom is -0.377 e. The Hall–Kier alpha value is 0.200. The summed E-state index contributed by atoms with van der Waals surface area (Å²) in [4.78, 5) is 0. The van der Waals surface area contributed by atoms with Crippen molar-refractivity contribution in [2.24, 2.45) is 5.92 Å². The maximum Gasteiger partial charge on any atom is 0.237 e. The molecule has 2 unspecified atom stereocenters. The Kier molecular flexibility index (Phi) is 3.01. The van der Waals surface area contributed by atoms with Crippen molar-refractivity contribution in [3.05, 3.63) is 0 Å². The molecule has 0 aromatic heterocycles. The van der Waals surface area contributed by atoms with E-state index in [1.54, 1.807) is 0 Å². The van der Waals surface area contributed by atoms with Crippen molar-refractivity contribution in [1.82, 2.24) is 0 Å². The van der Waals surface area contributed by atoms with Gasteiger partial charge in [-0.15, -0.1) is 0 Å². The molecule has 1 rings (SSSR count). The van der Waals surface area contributed by atoms with E-state index in [0.29, 0.717) is 12.3 Å². The van der Waals surface area contributed by atoms with Crippen molar-refractivity contribution in [1.29, 1.82) is 0 Å². The standard InChI is InChI=1S/C7H13ClO3S/c1-5(2)7-3-6(4-11-7)12(8,9)10/h5-7H,3-4H2,1-2H3. The van der Waals surface area contributed by atoms with Crippen LogP contribution in [0.2, 0.25) is 0 Å². The second kappa shape index (κ2) is 3.52. The second-order valence-corrected chi connectivity index (χ2v) is 6.36. The number of hydrogen-bond donors (Lipinski definition) is 0. The van der Waals surface area contributed by atoms with Crippen LogP contribution < -0.4 is 0 Å². The van der Waals surface area contributed by atoms with Crippen LogP contribution in [0.1, 0.15) is 20.3 Å². The molecule has 72 valence electrons. The molecule has 0 amide bonds. The molecule has 1 aliphatic heterocycles. The van der Waals surface area contributed by atoms with Gasteiger partial charge in [0.15, 0.2) is 0 Å². The highest BCUT2D eigenvalue weighted by molar-refractivity contribution is 8.14. The van der Waals surface area contributed by atoms with E-state index in [4.69, 9.17) is 15.4 Å². The van der Waals surface area contributed by atoms with Crippen molar-refractivity contribution >= 4 is 19.7 Å². The van der Waals surface area contributed by atoms with Gasteiger partial charge in [-0.1, -0.05) is 13.8 Å². The lowest BCUT2D eigenvalue weighted by Gasteiger charge is -2.12. The van der Waals surface area contributed by atoms with Crippen molar-refractivity contribution < 1.29 is 13.2 Å². The number of ether oxygens (including phenoxy) is 1. The molecule has 0 aliphatic carbocycles. The van der Waals surface area contributed by atoms with E-state index in [0.717, 1.165) is 0 Å². The van der Waals surface area contributed by atoms with Gasteiger partial charge in [0.2, 0.25) is 9.05 Å². The van der Waals surface area contributed by atoms with Gasteiger partial charge < -0.3 is 4.74 Å². The molecule has 0 aromatic rings. The van der Waals surface area contributed by atoms with E-state index >= 15 is 0 Å². The molecule has 2 atom stereocenters. The topological polar surface area (TPSA) is 43.4 Å². The Morgan fingerprint density at radius 1 is 1.50 bits per heavy atom. The van der Waals surface area contributed by atoms with E-state index in [2.05, 4.69) is 0 Å². The fourth-order valence-corrected chi connectivity index (χ4v) is 2.32. The summed E-state index contributed by atoms with van der Waals surface area (Å²) in [6.07, 6.45) is 0.576. The monoisotopic (exact) mass is 212 g/mol. The smallest absolute Gasteiger partial charge is 0.237 e. The molecule has 1 saturated heterocycles. The summed E-state index contributed by atoms with van der Waals surface area (Å²) in [5, 5.41) is -0.508. The Balaban J connectivity index is 2.58. The summed E-state index contributed by atoms with van der Waals surface area (Å²) >= 11 is 0. The Morgan fingerprint density at radius 3 is 2.33 bits per heavy atom. The number of rotatable bonds is 2. The molecular weight excluding hydrogens is 200 g/mol. The van der Waals surface area contributed by atoms with Gasteiger partial charge in [-0.2, -0.15) is 0 Å². The van der Waals surface area contributed by atoms with Crippen LogP contribution in [0, 0.1) is 5.92 Å². The lowest BCUT2D eigenvalue weighted by molar-refractivity contribution is 0.0759. The van der Waals surface area contributed by atoms with Crippen molar-refractivity contribution in [3.63, 3.8) is 0 Å². The van der Waals surface area contributed by atoms with Gasteiger partial charge in [-0.05, 0) is 12.3 Å². The minimum atomic E-state index is -3.42. The summed E-state index contributed by atoms with van der Waals surface area (Å²) < 4.78 is 27.1. The normalized spacial score (nSPS) is 31.3. The molecule has 0 aromatic carbocycles. The average Bonchev–Trinajstić information content (AvgIpc) is 2.30. The van der Waals surface area contributed by atoms with Crippen LogP contribution in [-0.2, 0) is 13.8 Å². The summed E-state index contributed by atoms with van der Waals surface area (Å²) in [5.74, 6) is 0.355. The van der Waals surface area contributed by atoms with Crippen LogP contribution in [0.3, 0.4) is 0 Å². The molecule has 0 saturated carbocycles. The van der Waals surface area contributed by atoms with Gasteiger partial charge in [0, 0.05) is 10.7 Å². The largest absolute Gasteiger partial charge is 0.377 e. The van der Waals surface area contributed by atoms with Crippen LogP contribution in [-0.4, -0.2) is 26.4 Å². The third-order valence-electron chi connectivity index (χ3n) is 2.13.